The second kappa shape index (κ2) is 14.4. The van der Waals surface area contributed by atoms with E-state index in [0.717, 1.165) is 61.5 Å². The summed E-state index contributed by atoms with van der Waals surface area (Å²) >= 11 is 0. The largest absolute Gasteiger partial charge is 0.499 e. The number of nitrogens with zero attached hydrogens (tertiary/aromatic N) is 2. The molecule has 1 radical (unpaired) electrons. The summed E-state index contributed by atoms with van der Waals surface area (Å²) in [5.41, 5.74) is 11.7. The smallest absolute Gasteiger partial charge is 0.0944 e. The number of benzene rings is 4. The van der Waals surface area contributed by atoms with Gasteiger partial charge in [0.15, 0.2) is 0 Å². The molecule has 4 aromatic carbocycles. The Morgan fingerprint density at radius 2 is 1.38 bits per heavy atom. The van der Waals surface area contributed by atoms with Crippen LogP contribution in [0.1, 0.15) is 36.5 Å². The van der Waals surface area contributed by atoms with E-state index in [1.54, 1.807) is 6.20 Å². The summed E-state index contributed by atoms with van der Waals surface area (Å²) in [6.07, 6.45) is 3.76. The molecule has 0 fully saturated rings. The molecule has 0 aliphatic carbocycles. The van der Waals surface area contributed by atoms with Crippen molar-refractivity contribution in [3.8, 4) is 45.0 Å². The molecule has 0 N–H and O–H groups in total. The van der Waals surface area contributed by atoms with Gasteiger partial charge in [0.2, 0.25) is 0 Å². The molecule has 45 heavy (non-hydrogen) atoms. The first-order chi connectivity index (χ1) is 21.5. The fourth-order valence-electron chi connectivity index (χ4n) is 5.45. The summed E-state index contributed by atoms with van der Waals surface area (Å²) in [5, 5.41) is 1.01. The van der Waals surface area contributed by atoms with Crippen LogP contribution in [0, 0.1) is 26.0 Å². The number of fused-ring (bicyclic) bond motifs is 1. The zero-order valence-electron chi connectivity index (χ0n) is 25.8. The number of rotatable bonds is 5. The van der Waals surface area contributed by atoms with Gasteiger partial charge < -0.3 is 9.40 Å². The van der Waals surface area contributed by atoms with Gasteiger partial charge in [-0.05, 0) is 46.9 Å². The van der Waals surface area contributed by atoms with Gasteiger partial charge in [0.1, 0.15) is 0 Å². The molecule has 3 aromatic heterocycles. The molecule has 0 bridgehead atoms. The first-order valence-electron chi connectivity index (χ1n) is 14.9. The second-order valence-corrected chi connectivity index (χ2v) is 11.2. The number of pyridine rings is 2. The molecule has 0 aliphatic heterocycles. The average molecular weight is 763 g/mol. The summed E-state index contributed by atoms with van der Waals surface area (Å²) in [5.74, 6) is 1.33. The van der Waals surface area contributed by atoms with Crippen molar-refractivity contribution in [3.05, 3.63) is 156 Å². The van der Waals surface area contributed by atoms with Crippen molar-refractivity contribution in [1.29, 1.82) is 0 Å². The number of aryl methyl sites for hydroxylation is 2. The van der Waals surface area contributed by atoms with Crippen LogP contribution in [0.4, 0.5) is 0 Å². The number of hydrogen-bond acceptors (Lipinski definition) is 3. The Balaban J connectivity index is 0.000000258. The van der Waals surface area contributed by atoms with E-state index in [2.05, 4.69) is 93.3 Å². The van der Waals surface area contributed by atoms with Gasteiger partial charge in [-0.2, -0.15) is 0 Å². The normalized spacial score (nSPS) is 10.7. The van der Waals surface area contributed by atoms with E-state index in [-0.39, 0.29) is 20.1 Å². The van der Waals surface area contributed by atoms with Crippen LogP contribution in [0.3, 0.4) is 0 Å². The van der Waals surface area contributed by atoms with Crippen molar-refractivity contribution < 1.29 is 24.5 Å². The zero-order valence-corrected chi connectivity index (χ0v) is 28.2. The molecule has 0 aliphatic rings. The molecule has 3 heterocycles. The molecule has 225 valence electrons. The Bertz CT molecular complexity index is 1950. The van der Waals surface area contributed by atoms with Crippen LogP contribution in [-0.4, -0.2) is 9.97 Å². The molecule has 0 unspecified atom stereocenters. The minimum Gasteiger partial charge on any atom is -0.499 e. The predicted octanol–water partition coefficient (Wildman–Crippen LogP) is 10.9. The summed E-state index contributed by atoms with van der Waals surface area (Å²) < 4.78 is 6.49. The van der Waals surface area contributed by atoms with E-state index >= 15 is 0 Å². The summed E-state index contributed by atoms with van der Waals surface area (Å²) in [6, 6.07) is 45.5. The number of hydrogen-bond donors (Lipinski definition) is 0. The molecule has 0 spiro atoms. The summed E-state index contributed by atoms with van der Waals surface area (Å²) in [6.45, 7) is 8.69. The van der Waals surface area contributed by atoms with Crippen molar-refractivity contribution in [2.45, 2.75) is 33.6 Å². The fraction of sp³-hybridized carbons (Fsp3) is 0.122. The van der Waals surface area contributed by atoms with Crippen LogP contribution in [0.5, 0.6) is 0 Å². The van der Waals surface area contributed by atoms with E-state index in [1.807, 2.05) is 72.9 Å². The molecule has 0 atom stereocenters. The van der Waals surface area contributed by atoms with Gasteiger partial charge in [0, 0.05) is 43.8 Å². The van der Waals surface area contributed by atoms with E-state index in [0.29, 0.717) is 5.92 Å². The third-order valence-corrected chi connectivity index (χ3v) is 7.75. The van der Waals surface area contributed by atoms with Crippen molar-refractivity contribution in [3.63, 3.8) is 0 Å². The maximum atomic E-state index is 6.49. The molecule has 0 amide bonds. The maximum absolute atomic E-state index is 6.49. The van der Waals surface area contributed by atoms with Crippen LogP contribution in [-0.2, 0) is 20.1 Å². The topological polar surface area (TPSA) is 38.9 Å². The summed E-state index contributed by atoms with van der Waals surface area (Å²) in [7, 11) is 0. The molecule has 7 rings (SSSR count). The molecule has 0 saturated carbocycles. The van der Waals surface area contributed by atoms with Crippen LogP contribution in [0.2, 0.25) is 0 Å². The Labute approximate surface area is 279 Å². The van der Waals surface area contributed by atoms with Gasteiger partial charge in [0.25, 0.3) is 0 Å². The minimum absolute atomic E-state index is 0. The average Bonchev–Trinajstić information content (AvgIpc) is 3.42. The number of aromatic nitrogens is 2. The van der Waals surface area contributed by atoms with Crippen molar-refractivity contribution in [2.75, 3.05) is 0 Å². The van der Waals surface area contributed by atoms with Gasteiger partial charge in [-0.1, -0.05) is 116 Å². The van der Waals surface area contributed by atoms with Crippen LogP contribution in [0.15, 0.2) is 132 Å². The molecule has 7 aromatic rings. The second-order valence-electron chi connectivity index (χ2n) is 11.2. The van der Waals surface area contributed by atoms with Crippen LogP contribution < -0.4 is 0 Å². The third-order valence-electron chi connectivity index (χ3n) is 7.75. The van der Waals surface area contributed by atoms with Crippen molar-refractivity contribution in [2.24, 2.45) is 0 Å². The minimum atomic E-state index is 0. The van der Waals surface area contributed by atoms with E-state index in [9.17, 15) is 0 Å². The van der Waals surface area contributed by atoms with Gasteiger partial charge >= 0.3 is 0 Å². The SMILES string of the molecule is Cc1cnc(-c2[c-]c3c(C)c(-c4ccccc4)oc3c(-c3ccccc3)c2)cc1C(C)C.[Ir].[c-]1ccccc1-c1ccccn1. The van der Waals surface area contributed by atoms with Gasteiger partial charge in [-0.3, -0.25) is 4.98 Å². The molecule has 0 saturated heterocycles. The first kappa shape index (κ1) is 31.8. The predicted molar refractivity (Wildman–Crippen MR) is 181 cm³/mol. The van der Waals surface area contributed by atoms with E-state index < -0.39 is 0 Å². The first-order valence-corrected chi connectivity index (χ1v) is 14.9. The Morgan fingerprint density at radius 3 is 2.02 bits per heavy atom. The van der Waals surface area contributed by atoms with Gasteiger partial charge in [0.05, 0.1) is 11.3 Å². The van der Waals surface area contributed by atoms with Crippen molar-refractivity contribution in [1.82, 2.24) is 9.97 Å². The Hall–Kier alpha value is -4.63. The zero-order chi connectivity index (χ0) is 30.5. The molecule has 3 nitrogen and oxygen atoms in total. The molecule has 4 heteroatoms. The van der Waals surface area contributed by atoms with E-state index in [4.69, 9.17) is 9.40 Å². The molecular formula is C41H34IrN2O-2. The van der Waals surface area contributed by atoms with Crippen molar-refractivity contribution >= 4 is 11.0 Å². The standard InChI is InChI=1S/C30H26NO.C11H8N.Ir/c1-19(2)25-17-28(31-18-20(25)3)24-15-26-21(4)29(23-13-9-6-10-14-23)32-30(26)27(16-24)22-11-7-5-8-12-22;1-2-6-10(7-3-1)11-8-4-5-9-12-11;/h5-14,16-19H,1-4H3;1-6,8-9H;/q2*-1;. The van der Waals surface area contributed by atoms with Gasteiger partial charge in [-0.15, -0.1) is 48.0 Å². The quantitative estimate of drug-likeness (QED) is 0.164. The Morgan fingerprint density at radius 1 is 0.689 bits per heavy atom. The van der Waals surface area contributed by atoms with E-state index in [1.165, 1.54) is 11.1 Å². The Kier molecular flexibility index (Phi) is 10.2. The monoisotopic (exact) mass is 763 g/mol. The third kappa shape index (κ3) is 7.04. The van der Waals surface area contributed by atoms with Gasteiger partial charge in [-0.25, -0.2) is 0 Å². The summed E-state index contributed by atoms with van der Waals surface area (Å²) in [4.78, 5) is 8.98. The fourth-order valence-corrected chi connectivity index (χ4v) is 5.45. The maximum Gasteiger partial charge on any atom is 0.0944 e. The number of furan rings is 1. The van der Waals surface area contributed by atoms with Crippen LogP contribution >= 0.6 is 0 Å². The molecular weight excluding hydrogens is 729 g/mol. The van der Waals surface area contributed by atoms with Crippen LogP contribution in [0.25, 0.3) is 55.9 Å².